The van der Waals surface area contributed by atoms with Crippen LogP contribution in [0.4, 0.5) is 21.8 Å². The molecule has 2 heterocycles. The summed E-state index contributed by atoms with van der Waals surface area (Å²) in [7, 11) is -2.01. The number of H-pyrrole nitrogens is 1. The van der Waals surface area contributed by atoms with Crippen molar-refractivity contribution in [2.75, 3.05) is 24.4 Å². The summed E-state index contributed by atoms with van der Waals surface area (Å²) in [5.41, 5.74) is 7.62. The van der Waals surface area contributed by atoms with Crippen molar-refractivity contribution < 1.29 is 17.5 Å². The highest BCUT2D eigenvalue weighted by atomic mass is 32.2. The van der Waals surface area contributed by atoms with E-state index in [1.54, 1.807) is 18.2 Å². The molecular formula is C19H17FN6O3S. The smallest absolute Gasteiger partial charge is 0.229 e. The van der Waals surface area contributed by atoms with Crippen LogP contribution >= 0.6 is 0 Å². The molecule has 30 heavy (non-hydrogen) atoms. The predicted molar refractivity (Wildman–Crippen MR) is 111 cm³/mol. The second-order valence-corrected chi connectivity index (χ2v) is 8.54. The molecule has 9 nitrogen and oxygen atoms in total. The van der Waals surface area contributed by atoms with Gasteiger partial charge in [-0.05, 0) is 18.2 Å². The highest BCUT2D eigenvalue weighted by molar-refractivity contribution is 7.90. The summed E-state index contributed by atoms with van der Waals surface area (Å²) in [4.78, 5) is 8.53. The first-order valence-electron chi connectivity index (χ1n) is 8.68. The Hall–Kier alpha value is -3.73. The number of hydrogen-bond donors (Lipinski definition) is 3. The number of para-hydroxylation sites is 1. The molecule has 0 unspecified atom stereocenters. The molecule has 154 valence electrons. The number of nitrogen functional groups attached to an aromatic ring is 1. The zero-order chi connectivity index (χ0) is 21.5. The lowest BCUT2D eigenvalue weighted by Crippen LogP contribution is -2.04. The average molecular weight is 428 g/mol. The summed E-state index contributed by atoms with van der Waals surface area (Å²) in [6.45, 7) is 0. The Morgan fingerprint density at radius 2 is 2.03 bits per heavy atom. The predicted octanol–water partition coefficient (Wildman–Crippen LogP) is 2.90. The van der Waals surface area contributed by atoms with Crippen LogP contribution in [0.2, 0.25) is 0 Å². The minimum Gasteiger partial charge on any atom is -0.497 e. The Bertz CT molecular complexity index is 1370. The van der Waals surface area contributed by atoms with Gasteiger partial charge in [-0.25, -0.2) is 17.8 Å². The van der Waals surface area contributed by atoms with Gasteiger partial charge in [0, 0.05) is 29.6 Å². The fraction of sp³-hybridized carbons (Fsp3) is 0.105. The van der Waals surface area contributed by atoms with Crippen molar-refractivity contribution >= 4 is 38.2 Å². The third-order valence-electron chi connectivity index (χ3n) is 4.42. The molecule has 4 rings (SSSR count). The quantitative estimate of drug-likeness (QED) is 0.441. The molecule has 11 heteroatoms. The Balaban J connectivity index is 1.70. The highest BCUT2D eigenvalue weighted by Crippen LogP contribution is 2.31. The van der Waals surface area contributed by atoms with Crippen molar-refractivity contribution in [2.45, 2.75) is 4.90 Å². The van der Waals surface area contributed by atoms with Gasteiger partial charge in [-0.3, -0.25) is 5.10 Å². The Morgan fingerprint density at radius 1 is 1.23 bits per heavy atom. The maximum Gasteiger partial charge on any atom is 0.229 e. The summed E-state index contributed by atoms with van der Waals surface area (Å²) in [6, 6.07) is 9.08. The fourth-order valence-electron chi connectivity index (χ4n) is 2.96. The molecule has 4 N–H and O–H groups in total. The number of nitrogens with two attached hydrogens (primary N) is 1. The molecule has 0 aliphatic heterocycles. The number of aromatic nitrogens is 4. The molecule has 2 aromatic heterocycles. The largest absolute Gasteiger partial charge is 0.497 e. The number of rotatable bonds is 5. The van der Waals surface area contributed by atoms with Crippen LogP contribution < -0.4 is 15.8 Å². The monoisotopic (exact) mass is 428 g/mol. The van der Waals surface area contributed by atoms with Crippen LogP contribution in [0.3, 0.4) is 0 Å². The molecule has 0 aliphatic rings. The van der Waals surface area contributed by atoms with E-state index in [1.165, 1.54) is 31.5 Å². The van der Waals surface area contributed by atoms with E-state index in [0.29, 0.717) is 28.1 Å². The second kappa shape index (κ2) is 7.26. The first-order chi connectivity index (χ1) is 14.3. The molecule has 2 aromatic carbocycles. The molecule has 4 aromatic rings. The van der Waals surface area contributed by atoms with Crippen molar-refractivity contribution in [3.05, 3.63) is 48.4 Å². The Labute approximate surface area is 171 Å². The zero-order valence-corrected chi connectivity index (χ0v) is 16.8. The van der Waals surface area contributed by atoms with Gasteiger partial charge in [-0.1, -0.05) is 12.1 Å². The lowest BCUT2D eigenvalue weighted by molar-refractivity contribution is 0.413. The number of benzene rings is 2. The van der Waals surface area contributed by atoms with Crippen LogP contribution in [-0.2, 0) is 9.84 Å². The summed E-state index contributed by atoms with van der Waals surface area (Å²) in [5.74, 6) is 0.199. The summed E-state index contributed by atoms with van der Waals surface area (Å²) >= 11 is 0. The number of fused-ring (bicyclic) bond motifs is 1. The third kappa shape index (κ3) is 3.62. The first-order valence-corrected chi connectivity index (χ1v) is 10.6. The van der Waals surface area contributed by atoms with Crippen molar-refractivity contribution in [3.63, 3.8) is 0 Å². The SMILES string of the molecule is COc1cc(Nc2ncc(-c3n[nH]c4c(F)cccc34)c(N)n2)cc(S(C)(=O)=O)c1. The van der Waals surface area contributed by atoms with Gasteiger partial charge in [0.1, 0.15) is 28.6 Å². The number of halogens is 1. The molecule has 0 fully saturated rings. The number of nitrogens with zero attached hydrogens (tertiary/aromatic N) is 3. The molecule has 0 saturated carbocycles. The number of anilines is 3. The summed E-state index contributed by atoms with van der Waals surface area (Å²) < 4.78 is 42.9. The lowest BCUT2D eigenvalue weighted by Gasteiger charge is -2.10. The van der Waals surface area contributed by atoms with E-state index < -0.39 is 15.7 Å². The van der Waals surface area contributed by atoms with Crippen LogP contribution in [0, 0.1) is 5.82 Å². The number of methoxy groups -OCH3 is 1. The Morgan fingerprint density at radius 3 is 2.73 bits per heavy atom. The van der Waals surface area contributed by atoms with Gasteiger partial charge in [-0.15, -0.1) is 0 Å². The van der Waals surface area contributed by atoms with Gasteiger partial charge in [0.05, 0.1) is 17.6 Å². The fourth-order valence-corrected chi connectivity index (χ4v) is 3.63. The Kier molecular flexibility index (Phi) is 4.74. The molecule has 0 radical (unpaired) electrons. The van der Waals surface area contributed by atoms with Gasteiger partial charge in [0.15, 0.2) is 9.84 Å². The minimum absolute atomic E-state index is 0.0824. The molecule has 0 bridgehead atoms. The van der Waals surface area contributed by atoms with Crippen LogP contribution in [0.25, 0.3) is 22.2 Å². The van der Waals surface area contributed by atoms with Crippen molar-refractivity contribution in [3.8, 4) is 17.0 Å². The number of sulfone groups is 1. The average Bonchev–Trinajstić information content (AvgIpc) is 3.12. The number of ether oxygens (including phenoxy) is 1. The number of hydrogen-bond acceptors (Lipinski definition) is 8. The van der Waals surface area contributed by atoms with Crippen LogP contribution in [0.5, 0.6) is 5.75 Å². The van der Waals surface area contributed by atoms with Gasteiger partial charge in [0.2, 0.25) is 5.95 Å². The molecule has 0 aliphatic carbocycles. The van der Waals surface area contributed by atoms with Crippen molar-refractivity contribution in [1.29, 1.82) is 0 Å². The summed E-state index contributed by atoms with van der Waals surface area (Å²) in [6.07, 6.45) is 2.56. The van der Waals surface area contributed by atoms with E-state index in [2.05, 4.69) is 25.5 Å². The van der Waals surface area contributed by atoms with Gasteiger partial charge in [-0.2, -0.15) is 10.1 Å². The molecule has 0 amide bonds. The van der Waals surface area contributed by atoms with E-state index in [1.807, 2.05) is 0 Å². The van der Waals surface area contributed by atoms with E-state index in [4.69, 9.17) is 10.5 Å². The topological polar surface area (TPSA) is 136 Å². The van der Waals surface area contributed by atoms with Crippen LogP contribution in [-0.4, -0.2) is 41.9 Å². The maximum atomic E-state index is 13.9. The van der Waals surface area contributed by atoms with Crippen molar-refractivity contribution in [2.24, 2.45) is 0 Å². The molecule has 0 atom stereocenters. The van der Waals surface area contributed by atoms with Gasteiger partial charge in [0.25, 0.3) is 0 Å². The van der Waals surface area contributed by atoms with E-state index in [0.717, 1.165) is 6.26 Å². The highest BCUT2D eigenvalue weighted by Gasteiger charge is 2.16. The number of aromatic amines is 1. The van der Waals surface area contributed by atoms with Crippen LogP contribution in [0.1, 0.15) is 0 Å². The van der Waals surface area contributed by atoms with E-state index in [-0.39, 0.29) is 22.2 Å². The first kappa shape index (κ1) is 19.6. The van der Waals surface area contributed by atoms with Gasteiger partial charge >= 0.3 is 0 Å². The standard InChI is InChI=1S/C19H17FN6O3S/c1-29-11-6-10(7-12(8-11)30(2,27)28)23-19-22-9-14(18(21)24-19)16-13-4-3-5-15(20)17(13)26-25-16/h3-9H,1-2H3,(H,25,26)(H3,21,22,23,24). The van der Waals surface area contributed by atoms with Crippen molar-refractivity contribution in [1.82, 2.24) is 20.2 Å². The zero-order valence-electron chi connectivity index (χ0n) is 16.0. The second-order valence-electron chi connectivity index (χ2n) is 6.52. The van der Waals surface area contributed by atoms with Crippen LogP contribution in [0.15, 0.2) is 47.5 Å². The number of nitrogens with one attached hydrogen (secondary N) is 2. The van der Waals surface area contributed by atoms with E-state index >= 15 is 0 Å². The van der Waals surface area contributed by atoms with Gasteiger partial charge < -0.3 is 15.8 Å². The van der Waals surface area contributed by atoms with E-state index in [9.17, 15) is 12.8 Å². The maximum absolute atomic E-state index is 13.9. The minimum atomic E-state index is -3.45. The summed E-state index contributed by atoms with van der Waals surface area (Å²) in [5, 5.41) is 10.2. The lowest BCUT2D eigenvalue weighted by atomic mass is 10.1. The normalized spacial score (nSPS) is 11.6. The third-order valence-corrected chi connectivity index (χ3v) is 5.51. The molecule has 0 spiro atoms. The molecule has 0 saturated heterocycles. The molecular weight excluding hydrogens is 411 g/mol.